The number of thiophene rings is 1. The molecule has 7 heteroatoms. The van der Waals surface area contributed by atoms with Crippen LogP contribution in [0.5, 0.6) is 0 Å². The zero-order chi connectivity index (χ0) is 22.5. The first-order chi connectivity index (χ1) is 15.6. The molecule has 172 valence electrons. The molecule has 1 fully saturated rings. The van der Waals surface area contributed by atoms with Gasteiger partial charge in [0.1, 0.15) is 5.00 Å². The van der Waals surface area contributed by atoms with Crippen LogP contribution in [0.4, 0.5) is 5.00 Å². The number of nitrogens with zero attached hydrogens (tertiary/aromatic N) is 2. The van der Waals surface area contributed by atoms with E-state index in [0.29, 0.717) is 17.3 Å². The second-order valence-corrected chi connectivity index (χ2v) is 10.1. The molecule has 0 atom stereocenters. The molecule has 0 amide bonds. The monoisotopic (exact) mass is 471 g/mol. The SMILES string of the molecule is CCOC(=O)c1c(NC(=S)N2CCN(Cc3ccccc3C)CC2)sc2c1CCCCC2. The maximum Gasteiger partial charge on any atom is 0.341 e. The highest BCUT2D eigenvalue weighted by Gasteiger charge is 2.27. The molecule has 32 heavy (non-hydrogen) atoms. The molecule has 1 aliphatic carbocycles. The highest BCUT2D eigenvalue weighted by Crippen LogP contribution is 2.38. The van der Waals surface area contributed by atoms with E-state index in [1.54, 1.807) is 11.3 Å². The molecule has 4 rings (SSSR count). The Balaban J connectivity index is 1.41. The standard InChI is InChI=1S/C25H33N3O2S2/c1-3-30-24(29)22-20-11-5-4-6-12-21(20)32-23(22)26-25(31)28-15-13-27(14-16-28)17-19-10-8-7-9-18(19)2/h7-10H,3-6,11-17H2,1-2H3,(H,26,31). The van der Waals surface area contributed by atoms with Gasteiger partial charge in [0, 0.05) is 37.6 Å². The molecule has 2 aliphatic rings. The van der Waals surface area contributed by atoms with E-state index >= 15 is 0 Å². The van der Waals surface area contributed by atoms with Crippen LogP contribution in [0.25, 0.3) is 0 Å². The summed E-state index contributed by atoms with van der Waals surface area (Å²) in [7, 11) is 0. The van der Waals surface area contributed by atoms with E-state index in [-0.39, 0.29) is 5.97 Å². The first-order valence-electron chi connectivity index (χ1n) is 11.7. The van der Waals surface area contributed by atoms with Crippen LogP contribution in [0.1, 0.15) is 58.1 Å². The number of fused-ring (bicyclic) bond motifs is 1. The van der Waals surface area contributed by atoms with Gasteiger partial charge in [0.05, 0.1) is 12.2 Å². The molecule has 0 unspecified atom stereocenters. The van der Waals surface area contributed by atoms with Crippen LogP contribution in [-0.2, 0) is 24.1 Å². The molecular weight excluding hydrogens is 438 g/mol. The molecule has 1 N–H and O–H groups in total. The van der Waals surface area contributed by atoms with Crippen LogP contribution in [-0.4, -0.2) is 53.7 Å². The van der Waals surface area contributed by atoms with E-state index in [1.165, 1.54) is 34.4 Å². The predicted molar refractivity (Wildman–Crippen MR) is 136 cm³/mol. The summed E-state index contributed by atoms with van der Waals surface area (Å²) in [4.78, 5) is 18.8. The highest BCUT2D eigenvalue weighted by molar-refractivity contribution is 7.80. The Morgan fingerprint density at radius 2 is 1.88 bits per heavy atom. The lowest BCUT2D eigenvalue weighted by Crippen LogP contribution is -2.49. The average molecular weight is 472 g/mol. The lowest BCUT2D eigenvalue weighted by molar-refractivity contribution is 0.0527. The molecule has 1 saturated heterocycles. The fourth-order valence-electron chi connectivity index (χ4n) is 4.56. The number of hydrogen-bond acceptors (Lipinski definition) is 5. The number of aryl methyl sites for hydroxylation is 2. The van der Waals surface area contributed by atoms with E-state index in [1.807, 2.05) is 6.92 Å². The van der Waals surface area contributed by atoms with Crippen molar-refractivity contribution in [2.45, 2.75) is 52.5 Å². The summed E-state index contributed by atoms with van der Waals surface area (Å²) in [6, 6.07) is 8.59. The Morgan fingerprint density at radius 1 is 1.12 bits per heavy atom. The molecule has 1 aromatic heterocycles. The number of ether oxygens (including phenoxy) is 1. The van der Waals surface area contributed by atoms with Crippen LogP contribution < -0.4 is 5.32 Å². The highest BCUT2D eigenvalue weighted by atomic mass is 32.1. The maximum atomic E-state index is 12.8. The van der Waals surface area contributed by atoms with Crippen molar-refractivity contribution >= 4 is 39.6 Å². The summed E-state index contributed by atoms with van der Waals surface area (Å²) < 4.78 is 5.41. The normalized spacial score (nSPS) is 16.9. The Kier molecular flexibility index (Phi) is 7.81. The summed E-state index contributed by atoms with van der Waals surface area (Å²) in [5.74, 6) is -0.222. The Hall–Kier alpha value is -1.96. The van der Waals surface area contributed by atoms with Gasteiger partial charge in [0.2, 0.25) is 0 Å². The second-order valence-electron chi connectivity index (χ2n) is 8.61. The van der Waals surface area contributed by atoms with E-state index in [4.69, 9.17) is 17.0 Å². The number of carbonyl (C=O) groups excluding carboxylic acids is 1. The number of hydrogen-bond donors (Lipinski definition) is 1. The van der Waals surface area contributed by atoms with Crippen LogP contribution in [0.15, 0.2) is 24.3 Å². The Morgan fingerprint density at radius 3 is 2.62 bits per heavy atom. The van der Waals surface area contributed by atoms with Crippen molar-refractivity contribution in [1.82, 2.24) is 9.80 Å². The number of benzene rings is 1. The first-order valence-corrected chi connectivity index (χ1v) is 12.9. The second kappa shape index (κ2) is 10.8. The zero-order valence-electron chi connectivity index (χ0n) is 19.1. The average Bonchev–Trinajstić information content (AvgIpc) is 2.96. The zero-order valence-corrected chi connectivity index (χ0v) is 20.7. The summed E-state index contributed by atoms with van der Waals surface area (Å²) >= 11 is 7.46. The van der Waals surface area contributed by atoms with Crippen molar-refractivity contribution in [2.75, 3.05) is 38.1 Å². The smallest absolute Gasteiger partial charge is 0.341 e. The lowest BCUT2D eigenvalue weighted by atomic mass is 10.1. The van der Waals surface area contributed by atoms with Crippen LogP contribution in [0.2, 0.25) is 0 Å². The summed E-state index contributed by atoms with van der Waals surface area (Å²) in [6.07, 6.45) is 5.52. The number of piperazine rings is 1. The molecule has 0 bridgehead atoms. The van der Waals surface area contributed by atoms with Crippen molar-refractivity contribution in [3.63, 3.8) is 0 Å². The molecule has 2 heterocycles. The van der Waals surface area contributed by atoms with Crippen LogP contribution >= 0.6 is 23.6 Å². The van der Waals surface area contributed by atoms with Gasteiger partial charge in [0.25, 0.3) is 0 Å². The van der Waals surface area contributed by atoms with Crippen molar-refractivity contribution in [3.8, 4) is 0 Å². The van der Waals surface area contributed by atoms with Gasteiger partial charge in [0.15, 0.2) is 5.11 Å². The van der Waals surface area contributed by atoms with E-state index in [0.717, 1.165) is 57.0 Å². The first kappa shape index (κ1) is 23.2. The van der Waals surface area contributed by atoms with E-state index in [2.05, 4.69) is 46.3 Å². The predicted octanol–water partition coefficient (Wildman–Crippen LogP) is 5.02. The van der Waals surface area contributed by atoms with Crippen LogP contribution in [0, 0.1) is 6.92 Å². The third-order valence-corrected chi connectivity index (χ3v) is 8.00. The van der Waals surface area contributed by atoms with Crippen molar-refractivity contribution in [2.24, 2.45) is 0 Å². The molecule has 0 radical (unpaired) electrons. The van der Waals surface area contributed by atoms with E-state index in [9.17, 15) is 4.79 Å². The third-order valence-electron chi connectivity index (χ3n) is 6.44. The van der Waals surface area contributed by atoms with Crippen LogP contribution in [0.3, 0.4) is 0 Å². The number of esters is 1. The number of rotatable bonds is 5. The van der Waals surface area contributed by atoms with Crippen molar-refractivity contribution < 1.29 is 9.53 Å². The minimum Gasteiger partial charge on any atom is -0.462 e. The summed E-state index contributed by atoms with van der Waals surface area (Å²) in [5, 5.41) is 5.00. The van der Waals surface area contributed by atoms with Gasteiger partial charge < -0.3 is 15.0 Å². The number of nitrogens with one attached hydrogen (secondary N) is 1. The van der Waals surface area contributed by atoms with Gasteiger partial charge >= 0.3 is 5.97 Å². The number of thiocarbonyl (C=S) groups is 1. The summed E-state index contributed by atoms with van der Waals surface area (Å²) in [6.45, 7) is 9.12. The maximum absolute atomic E-state index is 12.8. The van der Waals surface area contributed by atoms with Gasteiger partial charge in [-0.3, -0.25) is 4.90 Å². The van der Waals surface area contributed by atoms with Crippen molar-refractivity contribution in [3.05, 3.63) is 51.4 Å². The summed E-state index contributed by atoms with van der Waals surface area (Å²) in [5.41, 5.74) is 4.63. The fraction of sp³-hybridized carbons (Fsp3) is 0.520. The van der Waals surface area contributed by atoms with Gasteiger partial charge in [-0.15, -0.1) is 11.3 Å². The molecule has 1 aromatic carbocycles. The molecular formula is C25H33N3O2S2. The fourth-order valence-corrected chi connectivity index (χ4v) is 6.19. The molecule has 1 aliphatic heterocycles. The van der Waals surface area contributed by atoms with Gasteiger partial charge in [-0.2, -0.15) is 0 Å². The molecule has 5 nitrogen and oxygen atoms in total. The Bertz CT molecular complexity index is 964. The van der Waals surface area contributed by atoms with Gasteiger partial charge in [-0.25, -0.2) is 4.79 Å². The third kappa shape index (κ3) is 5.33. The number of carbonyl (C=O) groups is 1. The largest absolute Gasteiger partial charge is 0.462 e. The van der Waals surface area contributed by atoms with Gasteiger partial charge in [-0.1, -0.05) is 30.7 Å². The number of anilines is 1. The minimum atomic E-state index is -0.222. The Labute approximate surface area is 200 Å². The quantitative estimate of drug-likeness (QED) is 0.375. The van der Waals surface area contributed by atoms with Crippen molar-refractivity contribution in [1.29, 1.82) is 0 Å². The molecule has 0 saturated carbocycles. The topological polar surface area (TPSA) is 44.8 Å². The van der Waals surface area contributed by atoms with Gasteiger partial charge in [-0.05, 0) is 68.4 Å². The minimum absolute atomic E-state index is 0.222. The lowest BCUT2D eigenvalue weighted by Gasteiger charge is -2.36. The molecule has 2 aromatic rings. The van der Waals surface area contributed by atoms with E-state index < -0.39 is 0 Å². The molecule has 0 spiro atoms.